The molecule has 250 valence electrons. The van der Waals surface area contributed by atoms with Crippen LogP contribution < -0.4 is 5.46 Å². The van der Waals surface area contributed by atoms with Crippen molar-refractivity contribution < 1.29 is 9.31 Å². The van der Waals surface area contributed by atoms with Crippen molar-refractivity contribution >= 4 is 67.0 Å². The second kappa shape index (κ2) is 17.7. The average Bonchev–Trinajstić information content (AvgIpc) is 3.32. The predicted molar refractivity (Wildman–Crippen MR) is 222 cm³/mol. The van der Waals surface area contributed by atoms with Crippen LogP contribution in [0.2, 0.25) is 0 Å². The second-order valence-electron chi connectivity index (χ2n) is 12.2. The summed E-state index contributed by atoms with van der Waals surface area (Å²) in [6.07, 6.45) is 3.62. The Hall–Kier alpha value is -3.15. The highest BCUT2D eigenvalue weighted by Gasteiger charge is 2.51. The molecule has 1 saturated heterocycles. The summed E-state index contributed by atoms with van der Waals surface area (Å²) in [5.41, 5.74) is 6.95. The molecule has 1 aliphatic heterocycles. The third-order valence-corrected chi connectivity index (χ3v) is 9.80. The Morgan fingerprint density at radius 1 is 0.531 bits per heavy atom. The summed E-state index contributed by atoms with van der Waals surface area (Å²) >= 11 is 9.14. The monoisotopic (exact) mass is 888 g/mol. The van der Waals surface area contributed by atoms with E-state index in [0.717, 1.165) is 36.9 Å². The molecule has 0 N–H and O–H groups in total. The van der Waals surface area contributed by atoms with Crippen molar-refractivity contribution in [1.29, 1.82) is 0 Å². The van der Waals surface area contributed by atoms with E-state index in [4.69, 9.17) is 9.31 Å². The van der Waals surface area contributed by atoms with Crippen LogP contribution >= 0.6 is 54.5 Å². The zero-order valence-corrected chi connectivity index (χ0v) is 32.6. The van der Waals surface area contributed by atoms with Gasteiger partial charge in [-0.15, -0.1) is 0 Å². The highest BCUT2D eigenvalue weighted by atomic mass is 127. The van der Waals surface area contributed by atoms with E-state index in [0.29, 0.717) is 0 Å². The molecule has 0 spiro atoms. The van der Waals surface area contributed by atoms with Gasteiger partial charge in [0, 0.05) is 30.5 Å². The molecule has 0 saturated carbocycles. The first-order valence-corrected chi connectivity index (χ1v) is 18.2. The van der Waals surface area contributed by atoms with Crippen molar-refractivity contribution in [2.75, 3.05) is 0 Å². The van der Waals surface area contributed by atoms with Crippen LogP contribution in [-0.2, 0) is 9.31 Å². The molecule has 4 aromatic carbocycles. The highest BCUT2D eigenvalue weighted by Crippen LogP contribution is 2.36. The average molecular weight is 890 g/mol. The normalized spacial score (nSPS) is 14.0. The van der Waals surface area contributed by atoms with E-state index in [1.54, 1.807) is 6.20 Å². The topological polar surface area (TPSA) is 44.2 Å². The van der Waals surface area contributed by atoms with E-state index in [-0.39, 0.29) is 25.7 Å². The largest absolute Gasteiger partial charge is 0.494 e. The summed E-state index contributed by atoms with van der Waals surface area (Å²) in [7, 11) is -0.335. The second-order valence-corrected chi connectivity index (χ2v) is 15.3. The molecule has 0 amide bonds. The van der Waals surface area contributed by atoms with E-state index in [1.807, 2.05) is 79.0 Å². The summed E-state index contributed by atoms with van der Waals surface area (Å²) < 4.78 is 15.7. The van der Waals surface area contributed by atoms with Gasteiger partial charge in [-0.2, -0.15) is 0 Å². The third-order valence-electron chi connectivity index (χ3n) is 8.14. The van der Waals surface area contributed by atoms with E-state index >= 15 is 0 Å². The Morgan fingerprint density at radius 2 is 1.00 bits per heavy atom. The minimum atomic E-state index is -0.335. The fraction of sp³-hybridized carbons (Fsp3) is 0.171. The molecule has 4 nitrogen and oxygen atoms in total. The van der Waals surface area contributed by atoms with Crippen LogP contribution in [0.15, 0.2) is 155 Å². The predicted octanol–water partition coefficient (Wildman–Crippen LogP) is 11.9. The minimum absolute atomic E-state index is 0. The zero-order valence-electron chi connectivity index (χ0n) is 27.3. The van der Waals surface area contributed by atoms with E-state index in [9.17, 15) is 0 Å². The van der Waals surface area contributed by atoms with Gasteiger partial charge in [-0.05, 0) is 133 Å². The van der Waals surface area contributed by atoms with Gasteiger partial charge in [0.2, 0.25) is 0 Å². The molecule has 49 heavy (non-hydrogen) atoms. The van der Waals surface area contributed by atoms with Crippen LogP contribution in [-0.4, -0.2) is 28.3 Å². The van der Waals surface area contributed by atoms with Gasteiger partial charge in [0.05, 0.1) is 22.6 Å². The lowest BCUT2D eigenvalue weighted by Gasteiger charge is -2.32. The fourth-order valence-corrected chi connectivity index (χ4v) is 6.65. The lowest BCUT2D eigenvalue weighted by atomic mass is 9.78. The van der Waals surface area contributed by atoms with E-state index < -0.39 is 0 Å². The summed E-state index contributed by atoms with van der Waals surface area (Å²) in [5.74, 6) is 0. The van der Waals surface area contributed by atoms with Gasteiger partial charge >= 0.3 is 7.12 Å². The molecule has 0 bridgehead atoms. The molecule has 1 fully saturated rings. The fourth-order valence-electron chi connectivity index (χ4n) is 4.88. The number of aromatic nitrogens is 2. The van der Waals surface area contributed by atoms with Crippen molar-refractivity contribution in [2.45, 2.75) is 46.3 Å². The first-order chi connectivity index (χ1) is 23.0. The molecular formula is C41H40BBr2IN2O2. The molecule has 0 aliphatic carbocycles. The van der Waals surface area contributed by atoms with Crippen molar-refractivity contribution in [3.63, 3.8) is 0 Å². The lowest BCUT2D eigenvalue weighted by molar-refractivity contribution is 0.00578. The molecule has 6 aromatic rings. The number of halogens is 3. The van der Waals surface area contributed by atoms with Crippen LogP contribution in [0.4, 0.5) is 0 Å². The number of pyridine rings is 2. The number of nitrogens with zero attached hydrogens (tertiary/aromatic N) is 2. The maximum Gasteiger partial charge on any atom is 0.494 e. The first-order valence-electron chi connectivity index (χ1n) is 15.6. The lowest BCUT2D eigenvalue weighted by Crippen LogP contribution is -2.41. The van der Waals surface area contributed by atoms with Crippen LogP contribution in [0.5, 0.6) is 0 Å². The smallest absolute Gasteiger partial charge is 0.399 e. The molecular weight excluding hydrogens is 850 g/mol. The number of benzene rings is 4. The van der Waals surface area contributed by atoms with Crippen molar-refractivity contribution in [3.8, 4) is 33.6 Å². The first kappa shape index (κ1) is 38.7. The summed E-state index contributed by atoms with van der Waals surface area (Å²) in [5, 5.41) is 0. The number of hydrogen-bond donors (Lipinski definition) is 0. The summed E-state index contributed by atoms with van der Waals surface area (Å²) in [6.45, 7) is 8.26. The molecule has 3 heterocycles. The standard InChI is InChI=1S/C17H20BNO2.C17H12BrN.C6H4BrI.CH4/c1-16(2)17(3,4)21-18(20-16)14-9-7-8-13(12-14)15-10-5-6-11-19-15;18-16-8-4-6-14(12-16)13-5-3-7-15(11-13)17-9-1-2-10-19-17;7-5-2-1-3-6(8)4-5;/h5-12H,1-4H3;1-12H;1-4H;1H4. The molecule has 0 unspecified atom stereocenters. The van der Waals surface area contributed by atoms with Crippen molar-refractivity contribution in [2.24, 2.45) is 0 Å². The molecule has 0 radical (unpaired) electrons. The SMILES string of the molecule is Brc1cccc(-c2cccc(-c3ccccn3)c2)c1.Brc1cccc(I)c1.C.CC1(C)OB(c2cccc(-c3ccccn3)c2)OC1(C)C. The maximum atomic E-state index is 6.10. The summed E-state index contributed by atoms with van der Waals surface area (Å²) in [4.78, 5) is 8.78. The molecule has 8 heteroatoms. The van der Waals surface area contributed by atoms with Gasteiger partial charge < -0.3 is 9.31 Å². The Bertz CT molecular complexity index is 1910. The molecule has 7 rings (SSSR count). The van der Waals surface area contributed by atoms with Gasteiger partial charge in [0.15, 0.2) is 0 Å². The molecule has 2 aromatic heterocycles. The van der Waals surface area contributed by atoms with E-state index in [2.05, 4.69) is 153 Å². The zero-order chi connectivity index (χ0) is 34.1. The maximum absolute atomic E-state index is 6.10. The van der Waals surface area contributed by atoms with Gasteiger partial charge in [-0.25, -0.2) is 0 Å². The Balaban J connectivity index is 0.000000179. The number of rotatable bonds is 4. The van der Waals surface area contributed by atoms with Crippen molar-refractivity contribution in [3.05, 3.63) is 158 Å². The summed E-state index contributed by atoms with van der Waals surface area (Å²) in [6, 6.07) is 45.0. The highest BCUT2D eigenvalue weighted by molar-refractivity contribution is 14.1. The quantitative estimate of drug-likeness (QED) is 0.131. The number of hydrogen-bond acceptors (Lipinski definition) is 4. The van der Waals surface area contributed by atoms with Crippen LogP contribution in [0, 0.1) is 3.57 Å². The molecule has 1 aliphatic rings. The van der Waals surface area contributed by atoms with Crippen LogP contribution in [0.3, 0.4) is 0 Å². The van der Waals surface area contributed by atoms with Crippen LogP contribution in [0.25, 0.3) is 33.6 Å². The molecule has 0 atom stereocenters. The Morgan fingerprint density at radius 3 is 1.49 bits per heavy atom. The van der Waals surface area contributed by atoms with Gasteiger partial charge in [0.25, 0.3) is 0 Å². The van der Waals surface area contributed by atoms with Gasteiger partial charge in [0.1, 0.15) is 0 Å². The van der Waals surface area contributed by atoms with Gasteiger partial charge in [-0.1, -0.05) is 112 Å². The van der Waals surface area contributed by atoms with Crippen LogP contribution in [0.1, 0.15) is 35.1 Å². The Kier molecular flexibility index (Phi) is 13.9. The third kappa shape index (κ3) is 10.7. The van der Waals surface area contributed by atoms with Gasteiger partial charge in [-0.3, -0.25) is 9.97 Å². The van der Waals surface area contributed by atoms with E-state index in [1.165, 1.54) is 14.7 Å². The van der Waals surface area contributed by atoms with Crippen molar-refractivity contribution in [1.82, 2.24) is 9.97 Å². The minimum Gasteiger partial charge on any atom is -0.399 e. The Labute approximate surface area is 322 Å².